The van der Waals surface area contributed by atoms with E-state index in [-0.39, 0.29) is 35.5 Å². The fraction of sp³-hybridized carbons (Fsp3) is 0.400. The maximum absolute atomic E-state index is 12.7. The van der Waals surface area contributed by atoms with Crippen LogP contribution in [0.2, 0.25) is 0 Å². The first-order valence-corrected chi connectivity index (χ1v) is 13.1. The summed E-state index contributed by atoms with van der Waals surface area (Å²) in [6, 6.07) is 14.4. The number of likely N-dealkylation sites (N-methyl/N-ethyl adjacent to an activating group) is 1. The molecule has 39 heavy (non-hydrogen) atoms. The van der Waals surface area contributed by atoms with Crippen LogP contribution in [0.15, 0.2) is 79.4 Å². The van der Waals surface area contributed by atoms with E-state index < -0.39 is 0 Å². The number of nitrogens with zero attached hydrogens (tertiary/aromatic N) is 4. The van der Waals surface area contributed by atoms with E-state index in [1.165, 1.54) is 36.2 Å². The first-order chi connectivity index (χ1) is 18.3. The number of rotatable bonds is 10. The Hall–Kier alpha value is -2.54. The zero-order valence-electron chi connectivity index (χ0n) is 24.0. The summed E-state index contributed by atoms with van der Waals surface area (Å²) in [5.74, 6) is 6.44. The molecule has 1 aliphatic carbocycles. The Bertz CT molecular complexity index is 1010. The van der Waals surface area contributed by atoms with Gasteiger partial charge in [-0.15, -0.1) is 11.0 Å². The third kappa shape index (κ3) is 12.0. The molecule has 5 N–H and O–H groups in total. The van der Waals surface area contributed by atoms with Crippen LogP contribution in [0, 0.1) is 19.2 Å². The number of nitrogens with two attached hydrogens (primary N) is 2. The van der Waals surface area contributed by atoms with Crippen molar-refractivity contribution in [2.24, 2.45) is 11.6 Å². The molecule has 1 aromatic carbocycles. The van der Waals surface area contributed by atoms with Gasteiger partial charge in [0, 0.05) is 29.5 Å². The van der Waals surface area contributed by atoms with E-state index in [4.69, 9.17) is 11.6 Å². The smallest absolute Gasteiger partial charge is 0.510 e. The van der Waals surface area contributed by atoms with Crippen molar-refractivity contribution in [2.75, 3.05) is 26.7 Å². The minimum atomic E-state index is -0.343. The number of hydrogen-bond donors (Lipinski definition) is 3. The summed E-state index contributed by atoms with van der Waals surface area (Å²) in [6.45, 7) is 13.1. The maximum atomic E-state index is 12.7. The summed E-state index contributed by atoms with van der Waals surface area (Å²) in [4.78, 5) is 7.54. The van der Waals surface area contributed by atoms with Crippen molar-refractivity contribution in [1.82, 2.24) is 20.1 Å². The molecule has 1 aromatic heterocycles. The summed E-state index contributed by atoms with van der Waals surface area (Å²) in [5.41, 5.74) is 8.61. The minimum Gasteiger partial charge on any atom is -0.510 e. The molecule has 0 radical (unpaired) electrons. The molecule has 0 spiro atoms. The summed E-state index contributed by atoms with van der Waals surface area (Å²) < 4.78 is 12.7. The quantitative estimate of drug-likeness (QED) is 0.134. The number of nitrogens with one attached hydrogen (secondary N) is 1. The third-order valence-electron chi connectivity index (χ3n) is 6.52. The van der Waals surface area contributed by atoms with Crippen LogP contribution in [0.25, 0.3) is 0 Å². The fourth-order valence-corrected chi connectivity index (χ4v) is 4.11. The third-order valence-corrected chi connectivity index (χ3v) is 6.52. The largest absolute Gasteiger partial charge is 1.00 e. The van der Waals surface area contributed by atoms with Crippen molar-refractivity contribution in [3.05, 3.63) is 110 Å². The van der Waals surface area contributed by atoms with Crippen molar-refractivity contribution in [3.8, 4) is 0 Å². The molecule has 1 saturated carbocycles. The predicted octanol–water partition coefficient (Wildman–Crippen LogP) is 0.710. The molecule has 2 heterocycles. The Morgan fingerprint density at radius 1 is 1.28 bits per heavy atom. The predicted molar refractivity (Wildman–Crippen MR) is 152 cm³/mol. The van der Waals surface area contributed by atoms with Gasteiger partial charge in [-0.05, 0) is 63.4 Å². The number of halogens is 1. The van der Waals surface area contributed by atoms with Crippen LogP contribution >= 0.6 is 0 Å². The second kappa shape index (κ2) is 18.7. The minimum absolute atomic E-state index is 0. The van der Waals surface area contributed by atoms with Gasteiger partial charge in [0.05, 0.1) is 18.2 Å². The number of likely N-dealkylation sites (tertiary alicyclic amines) is 1. The molecule has 1 atom stereocenters. The Balaban J connectivity index is 0.000000298. The van der Waals surface area contributed by atoms with Gasteiger partial charge in [0.15, 0.2) is 0 Å². The number of hydrogen-bond acceptors (Lipinski definition) is 6. The van der Waals surface area contributed by atoms with Crippen LogP contribution in [0.1, 0.15) is 49.7 Å². The maximum Gasteiger partial charge on any atom is 1.00 e. The van der Waals surface area contributed by atoms with Crippen LogP contribution in [-0.4, -0.2) is 47.5 Å². The van der Waals surface area contributed by atoms with E-state index in [1.54, 1.807) is 23.1 Å². The van der Waals surface area contributed by atoms with Gasteiger partial charge in [-0.25, -0.2) is 5.84 Å². The van der Waals surface area contributed by atoms with Gasteiger partial charge < -0.3 is 16.0 Å². The van der Waals surface area contributed by atoms with Crippen LogP contribution in [0.3, 0.4) is 0 Å². The molecule has 2 aliphatic rings. The molecule has 4 rings (SSSR count). The molecule has 2 fully saturated rings. The summed E-state index contributed by atoms with van der Waals surface area (Å²) in [5, 5.41) is 4.92. The molecule has 0 bridgehead atoms. The molecule has 7 nitrogen and oxygen atoms in total. The summed E-state index contributed by atoms with van der Waals surface area (Å²) in [6.07, 6.45) is 10.3. The van der Waals surface area contributed by atoms with E-state index in [9.17, 15) is 4.39 Å². The summed E-state index contributed by atoms with van der Waals surface area (Å²) >= 11 is 0. The molecule has 2 aromatic rings. The van der Waals surface area contributed by atoms with Gasteiger partial charge in [0.1, 0.15) is 5.82 Å². The normalized spacial score (nSPS) is 16.2. The molecular formula is C30H44FN7Na+. The Morgan fingerprint density at radius 3 is 2.49 bits per heavy atom. The standard InChI is InChI=1S/C14H20N2.C8H7FN.C8H17N4.Na/c1-12(14-9-6-10-16(14)2)15-11-13-7-4-3-5-8-13;9-8-7(6-3-4-6)2-1-5-10-8;1-4-6-12(10)8(7-9)11(3)5-2;/h3-5,7-8,14-15H,1,6,9-11H2,2H3;1-2,6H,3-4H2;4,7H,1,3,5-6,9-10H2,2H3;/q;+1;-1;+1/b;;8-7-;. The topological polar surface area (TPSA) is 87.9 Å². The van der Waals surface area contributed by atoms with Crippen molar-refractivity contribution in [2.45, 2.75) is 51.1 Å². The monoisotopic (exact) mass is 544 g/mol. The van der Waals surface area contributed by atoms with E-state index in [1.807, 2.05) is 13.0 Å². The molecule has 1 saturated heterocycles. The fourth-order valence-electron chi connectivity index (χ4n) is 4.11. The molecule has 1 aliphatic heterocycles. The van der Waals surface area contributed by atoms with Gasteiger partial charge in [0.25, 0.3) is 0 Å². The molecule has 0 amide bonds. The number of hydrazine groups is 1. The van der Waals surface area contributed by atoms with Crippen molar-refractivity contribution in [1.29, 1.82) is 0 Å². The molecule has 1 unspecified atom stereocenters. The number of benzene rings is 1. The van der Waals surface area contributed by atoms with Crippen LogP contribution in [0.5, 0.6) is 0 Å². The number of aromatic nitrogens is 1. The van der Waals surface area contributed by atoms with Gasteiger partial charge in [-0.2, -0.15) is 0 Å². The first kappa shape index (κ1) is 34.5. The second-order valence-electron chi connectivity index (χ2n) is 9.42. The van der Waals surface area contributed by atoms with Gasteiger partial charge in [0.2, 0.25) is 0 Å². The van der Waals surface area contributed by atoms with Crippen LogP contribution in [-0.2, 0) is 6.54 Å². The van der Waals surface area contributed by atoms with Crippen LogP contribution in [0.4, 0.5) is 4.39 Å². The van der Waals surface area contributed by atoms with E-state index in [0.717, 1.165) is 37.2 Å². The van der Waals surface area contributed by atoms with E-state index >= 15 is 0 Å². The molecule has 9 heteroatoms. The average Bonchev–Trinajstić information content (AvgIpc) is 3.68. The van der Waals surface area contributed by atoms with E-state index in [0.29, 0.717) is 24.3 Å². The Morgan fingerprint density at radius 2 is 1.97 bits per heavy atom. The van der Waals surface area contributed by atoms with Crippen molar-refractivity contribution < 1.29 is 38.9 Å². The van der Waals surface area contributed by atoms with Crippen molar-refractivity contribution in [3.63, 3.8) is 0 Å². The Labute approximate surface area is 257 Å². The van der Waals surface area contributed by atoms with Crippen molar-refractivity contribution >= 4 is 0 Å². The zero-order valence-corrected chi connectivity index (χ0v) is 26.0. The average molecular weight is 545 g/mol. The van der Waals surface area contributed by atoms with Gasteiger partial charge >= 0.3 is 41.7 Å². The second-order valence-corrected chi connectivity index (χ2v) is 9.42. The zero-order chi connectivity index (χ0) is 27.9. The SMILES string of the molecule is C=C(NCc1ccccc1)C1CCCN1C.C=CCN(N)/C(=C\N)N([CH2-])CC.Fc1[n+]#cccc1C1CC1.[Na+]. The van der Waals surface area contributed by atoms with Gasteiger partial charge in [-0.1, -0.05) is 49.9 Å². The van der Waals surface area contributed by atoms with Gasteiger partial charge in [-0.3, -0.25) is 17.0 Å². The molecule has 206 valence electrons. The Kier molecular flexibility index (Phi) is 16.5. The first-order valence-electron chi connectivity index (χ1n) is 13.1. The van der Waals surface area contributed by atoms with E-state index in [2.05, 4.69) is 72.9 Å². The van der Waals surface area contributed by atoms with Crippen LogP contribution < -0.4 is 51.4 Å². The molecular weight excluding hydrogens is 500 g/mol. The summed E-state index contributed by atoms with van der Waals surface area (Å²) in [7, 11) is 5.93.